The van der Waals surface area contributed by atoms with Gasteiger partial charge < -0.3 is 0 Å². The first-order valence-electron chi connectivity index (χ1n) is 6.80. The minimum atomic E-state index is 0.265. The molecule has 18 heavy (non-hydrogen) atoms. The van der Waals surface area contributed by atoms with Gasteiger partial charge in [-0.05, 0) is 28.8 Å². The van der Waals surface area contributed by atoms with Crippen LogP contribution in [0.5, 0.6) is 0 Å². The van der Waals surface area contributed by atoms with Gasteiger partial charge in [0.05, 0.1) is 0 Å². The van der Waals surface area contributed by atoms with Crippen LogP contribution in [0.4, 0.5) is 0 Å². The third-order valence-electron chi connectivity index (χ3n) is 3.47. The molecule has 0 fully saturated rings. The van der Waals surface area contributed by atoms with E-state index in [2.05, 4.69) is 55.3 Å². The fraction of sp³-hybridized carbons (Fsp3) is 0.333. The zero-order valence-electron chi connectivity index (χ0n) is 11.0. The average Bonchev–Trinajstić information content (AvgIpc) is 2.43. The van der Waals surface area contributed by atoms with E-state index in [1.807, 2.05) is 0 Å². The Morgan fingerprint density at radius 1 is 1.06 bits per heavy atom. The molecule has 0 bridgehead atoms. The topological polar surface area (TPSA) is 0 Å². The van der Waals surface area contributed by atoms with Gasteiger partial charge in [0, 0.05) is 5.92 Å². The lowest BCUT2D eigenvalue weighted by molar-refractivity contribution is 0.638. The van der Waals surface area contributed by atoms with E-state index in [1.165, 1.54) is 35.6 Å². The molecule has 0 nitrogen and oxygen atoms in total. The van der Waals surface area contributed by atoms with Gasteiger partial charge >= 0.3 is 0 Å². The summed E-state index contributed by atoms with van der Waals surface area (Å²) >= 11 is 0. The van der Waals surface area contributed by atoms with Crippen LogP contribution in [0.25, 0.3) is 10.8 Å². The number of benzene rings is 2. The van der Waals surface area contributed by atoms with Gasteiger partial charge in [0.2, 0.25) is 0 Å². The molecule has 0 amide bonds. The highest BCUT2D eigenvalue weighted by Gasteiger charge is 2.08. The van der Waals surface area contributed by atoms with Gasteiger partial charge in [0.25, 0.3) is 0 Å². The summed E-state index contributed by atoms with van der Waals surface area (Å²) in [4.78, 5) is 0. The Kier molecular flexibility index (Phi) is 4.42. The third kappa shape index (κ3) is 2.93. The predicted octanol–water partition coefficient (Wildman–Crippen LogP) is 5.14. The monoisotopic (exact) mass is 236 g/mol. The number of hydrogen-bond donors (Lipinski definition) is 0. The summed E-state index contributed by atoms with van der Waals surface area (Å²) in [6.07, 6.45) is 10.5. The van der Waals surface area contributed by atoms with Crippen LogP contribution in [-0.4, -0.2) is 0 Å². The first-order valence-corrected chi connectivity index (χ1v) is 6.80. The quantitative estimate of drug-likeness (QED) is 0.498. The molecule has 0 radical (unpaired) electrons. The first-order chi connectivity index (χ1) is 8.85. The minimum absolute atomic E-state index is 0.265. The second-order valence-corrected chi connectivity index (χ2v) is 4.82. The lowest BCUT2D eigenvalue weighted by Gasteiger charge is -2.11. The molecule has 92 valence electrons. The van der Waals surface area contributed by atoms with E-state index in [-0.39, 0.29) is 5.92 Å². The molecule has 0 heteroatoms. The minimum Gasteiger partial charge on any atom is -0.119 e. The molecule has 0 heterocycles. The van der Waals surface area contributed by atoms with Crippen molar-refractivity contribution in [2.45, 2.75) is 38.5 Å². The molecule has 2 rings (SSSR count). The SMILES string of the molecule is C#CC(CCCCC)c1ccc2ccccc2c1. The smallest absolute Gasteiger partial charge is 0.0449 e. The van der Waals surface area contributed by atoms with E-state index in [0.29, 0.717) is 0 Å². The van der Waals surface area contributed by atoms with Gasteiger partial charge in [-0.15, -0.1) is 6.42 Å². The van der Waals surface area contributed by atoms with E-state index in [4.69, 9.17) is 6.42 Å². The molecular weight excluding hydrogens is 216 g/mol. The number of rotatable bonds is 5. The Hall–Kier alpha value is -1.74. The number of fused-ring (bicyclic) bond motifs is 1. The molecule has 0 saturated carbocycles. The lowest BCUT2D eigenvalue weighted by Crippen LogP contribution is -1.96. The summed E-state index contributed by atoms with van der Waals surface area (Å²) in [6.45, 7) is 2.22. The summed E-state index contributed by atoms with van der Waals surface area (Å²) < 4.78 is 0. The Morgan fingerprint density at radius 3 is 2.56 bits per heavy atom. The van der Waals surface area contributed by atoms with Crippen molar-refractivity contribution in [2.24, 2.45) is 0 Å². The molecule has 2 aromatic rings. The lowest BCUT2D eigenvalue weighted by atomic mass is 9.92. The average molecular weight is 236 g/mol. The standard InChI is InChI=1S/C18H20/c1-3-5-6-9-15(4-2)18-13-12-16-10-7-8-11-17(16)14-18/h2,7-8,10-15H,3,5-6,9H2,1H3. The van der Waals surface area contributed by atoms with Gasteiger partial charge in [0.15, 0.2) is 0 Å². The van der Waals surface area contributed by atoms with Crippen LogP contribution in [0.3, 0.4) is 0 Å². The maximum absolute atomic E-state index is 5.68. The van der Waals surface area contributed by atoms with E-state index >= 15 is 0 Å². The summed E-state index contributed by atoms with van der Waals surface area (Å²) in [7, 11) is 0. The Morgan fingerprint density at radius 2 is 1.83 bits per heavy atom. The molecule has 0 aromatic heterocycles. The van der Waals surface area contributed by atoms with Gasteiger partial charge in [-0.1, -0.05) is 68.5 Å². The van der Waals surface area contributed by atoms with Crippen LogP contribution in [-0.2, 0) is 0 Å². The number of unbranched alkanes of at least 4 members (excludes halogenated alkanes) is 2. The van der Waals surface area contributed by atoms with Crippen molar-refractivity contribution in [3.05, 3.63) is 48.0 Å². The molecule has 1 atom stereocenters. The summed E-state index contributed by atoms with van der Waals surface area (Å²) in [5.74, 6) is 3.21. The van der Waals surface area contributed by atoms with Gasteiger partial charge in [-0.25, -0.2) is 0 Å². The molecule has 0 spiro atoms. The predicted molar refractivity (Wildman–Crippen MR) is 79.7 cm³/mol. The van der Waals surface area contributed by atoms with Crippen molar-refractivity contribution in [1.29, 1.82) is 0 Å². The van der Waals surface area contributed by atoms with Crippen molar-refractivity contribution < 1.29 is 0 Å². The highest BCUT2D eigenvalue weighted by atomic mass is 14.1. The second-order valence-electron chi connectivity index (χ2n) is 4.82. The number of hydrogen-bond acceptors (Lipinski definition) is 0. The molecule has 1 unspecified atom stereocenters. The molecule has 2 aromatic carbocycles. The summed E-state index contributed by atoms with van der Waals surface area (Å²) in [6, 6.07) is 15.0. The molecule has 0 saturated heterocycles. The van der Waals surface area contributed by atoms with E-state index in [0.717, 1.165) is 6.42 Å². The van der Waals surface area contributed by atoms with Crippen LogP contribution in [0.2, 0.25) is 0 Å². The zero-order chi connectivity index (χ0) is 12.8. The normalized spacial score (nSPS) is 12.2. The highest BCUT2D eigenvalue weighted by molar-refractivity contribution is 5.83. The van der Waals surface area contributed by atoms with Crippen molar-refractivity contribution in [1.82, 2.24) is 0 Å². The largest absolute Gasteiger partial charge is 0.119 e. The maximum atomic E-state index is 5.68. The molecule has 0 N–H and O–H groups in total. The van der Waals surface area contributed by atoms with Crippen LogP contribution in [0, 0.1) is 12.3 Å². The fourth-order valence-corrected chi connectivity index (χ4v) is 2.37. The second kappa shape index (κ2) is 6.26. The number of terminal acetylenes is 1. The molecule has 0 aliphatic carbocycles. The Labute approximate surface area is 110 Å². The van der Waals surface area contributed by atoms with Gasteiger partial charge in [-0.3, -0.25) is 0 Å². The van der Waals surface area contributed by atoms with Gasteiger partial charge in [-0.2, -0.15) is 0 Å². The summed E-state index contributed by atoms with van der Waals surface area (Å²) in [5.41, 5.74) is 1.28. The van der Waals surface area contributed by atoms with Crippen molar-refractivity contribution in [2.75, 3.05) is 0 Å². The van der Waals surface area contributed by atoms with Crippen LogP contribution in [0.15, 0.2) is 42.5 Å². The molecule has 0 aliphatic heterocycles. The van der Waals surface area contributed by atoms with Crippen LogP contribution >= 0.6 is 0 Å². The fourth-order valence-electron chi connectivity index (χ4n) is 2.37. The first kappa shape index (κ1) is 12.7. The Balaban J connectivity index is 2.20. The van der Waals surface area contributed by atoms with Crippen molar-refractivity contribution >= 4 is 10.8 Å². The maximum Gasteiger partial charge on any atom is 0.0449 e. The van der Waals surface area contributed by atoms with E-state index in [9.17, 15) is 0 Å². The third-order valence-corrected chi connectivity index (χ3v) is 3.47. The van der Waals surface area contributed by atoms with E-state index < -0.39 is 0 Å². The van der Waals surface area contributed by atoms with Gasteiger partial charge in [0.1, 0.15) is 0 Å². The molecule has 0 aliphatic rings. The molecular formula is C18H20. The summed E-state index contributed by atoms with van der Waals surface area (Å²) in [5, 5.41) is 2.57. The van der Waals surface area contributed by atoms with Crippen LogP contribution < -0.4 is 0 Å². The highest BCUT2D eigenvalue weighted by Crippen LogP contribution is 2.25. The van der Waals surface area contributed by atoms with Crippen molar-refractivity contribution in [3.8, 4) is 12.3 Å². The van der Waals surface area contributed by atoms with E-state index in [1.54, 1.807) is 0 Å². The zero-order valence-corrected chi connectivity index (χ0v) is 11.0. The van der Waals surface area contributed by atoms with Crippen LogP contribution in [0.1, 0.15) is 44.1 Å². The van der Waals surface area contributed by atoms with Crippen molar-refractivity contribution in [3.63, 3.8) is 0 Å². The Bertz CT molecular complexity index is 545.